The van der Waals surface area contributed by atoms with Crippen molar-refractivity contribution >= 4 is 16.5 Å². The number of aromatic nitrogens is 3. The fourth-order valence-electron chi connectivity index (χ4n) is 3.12. The van der Waals surface area contributed by atoms with E-state index in [4.69, 9.17) is 5.73 Å². The van der Waals surface area contributed by atoms with Crippen LogP contribution >= 0.6 is 11.3 Å². The summed E-state index contributed by atoms with van der Waals surface area (Å²) in [6.45, 7) is 7.27. The predicted molar refractivity (Wildman–Crippen MR) is 85.1 cm³/mol. The minimum atomic E-state index is 0.559. The summed E-state index contributed by atoms with van der Waals surface area (Å²) >= 11 is 1.49. The van der Waals surface area contributed by atoms with Crippen LogP contribution in [-0.2, 0) is 13.0 Å². The van der Waals surface area contributed by atoms with Crippen LogP contribution in [0.2, 0.25) is 0 Å². The van der Waals surface area contributed by atoms with E-state index in [9.17, 15) is 0 Å². The molecule has 0 aromatic carbocycles. The van der Waals surface area contributed by atoms with Crippen molar-refractivity contribution in [2.45, 2.75) is 33.2 Å². The van der Waals surface area contributed by atoms with Gasteiger partial charge in [-0.1, -0.05) is 11.3 Å². The second-order valence-corrected chi connectivity index (χ2v) is 6.98. The number of aryl methyl sites for hydroxylation is 2. The monoisotopic (exact) mass is 303 g/mol. The van der Waals surface area contributed by atoms with E-state index in [1.54, 1.807) is 0 Å². The normalized spacial score (nSPS) is 19.2. The Morgan fingerprint density at radius 2 is 2.05 bits per heavy atom. The lowest BCUT2D eigenvalue weighted by Crippen LogP contribution is -2.20. The Kier molecular flexibility index (Phi) is 4.17. The van der Waals surface area contributed by atoms with E-state index in [0.29, 0.717) is 5.13 Å². The number of rotatable bonds is 4. The number of hydrogen-bond donors (Lipinski definition) is 1. The molecule has 3 rings (SSSR count). The Bertz CT molecular complexity index is 604. The van der Waals surface area contributed by atoms with Crippen LogP contribution < -0.4 is 5.73 Å². The van der Waals surface area contributed by atoms with Crippen molar-refractivity contribution in [2.24, 2.45) is 5.92 Å². The maximum atomic E-state index is 5.63. The Labute approximate surface area is 129 Å². The summed E-state index contributed by atoms with van der Waals surface area (Å²) in [7, 11) is 0. The third-order valence-corrected chi connectivity index (χ3v) is 4.61. The van der Waals surface area contributed by atoms with Gasteiger partial charge in [0.1, 0.15) is 5.01 Å². The molecule has 0 amide bonds. The molecule has 0 bridgehead atoms. The molecule has 2 aromatic heterocycles. The van der Waals surface area contributed by atoms with E-state index in [1.807, 2.05) is 0 Å². The van der Waals surface area contributed by atoms with Crippen LogP contribution in [-0.4, -0.2) is 33.2 Å². The molecule has 21 heavy (non-hydrogen) atoms. The first-order chi connectivity index (χ1) is 10.1. The summed E-state index contributed by atoms with van der Waals surface area (Å²) in [6, 6.07) is 4.42. The zero-order valence-electron chi connectivity index (χ0n) is 12.5. The minimum Gasteiger partial charge on any atom is -0.374 e. The Morgan fingerprint density at radius 1 is 1.29 bits per heavy atom. The Hall–Kier alpha value is -1.53. The van der Waals surface area contributed by atoms with Gasteiger partial charge in [0, 0.05) is 17.9 Å². The average molecular weight is 303 g/mol. The van der Waals surface area contributed by atoms with E-state index >= 15 is 0 Å². The maximum Gasteiger partial charge on any atom is 0.203 e. The highest BCUT2D eigenvalue weighted by atomic mass is 32.1. The van der Waals surface area contributed by atoms with E-state index in [2.05, 4.69) is 46.1 Å². The second-order valence-electron chi connectivity index (χ2n) is 5.89. The molecule has 2 N–H and O–H groups in total. The Morgan fingerprint density at radius 3 is 2.71 bits per heavy atom. The molecule has 0 saturated carbocycles. The van der Waals surface area contributed by atoms with Gasteiger partial charge in [-0.05, 0) is 56.8 Å². The van der Waals surface area contributed by atoms with E-state index in [0.717, 1.165) is 48.4 Å². The fraction of sp³-hybridized carbons (Fsp3) is 0.533. The quantitative estimate of drug-likeness (QED) is 0.938. The van der Waals surface area contributed by atoms with Crippen molar-refractivity contribution in [3.05, 3.63) is 34.1 Å². The highest BCUT2D eigenvalue weighted by Crippen LogP contribution is 2.24. The van der Waals surface area contributed by atoms with Crippen LogP contribution in [0.1, 0.15) is 28.4 Å². The summed E-state index contributed by atoms with van der Waals surface area (Å²) in [4.78, 5) is 6.90. The molecule has 1 atom stereocenters. The summed E-state index contributed by atoms with van der Waals surface area (Å²) in [5.41, 5.74) is 9.27. The molecule has 112 valence electrons. The number of nitrogens with zero attached hydrogens (tertiary/aromatic N) is 4. The van der Waals surface area contributed by atoms with Gasteiger partial charge in [0.15, 0.2) is 0 Å². The number of nitrogens with two attached hydrogens (primary N) is 1. The van der Waals surface area contributed by atoms with Gasteiger partial charge in [-0.3, -0.25) is 9.88 Å². The van der Waals surface area contributed by atoms with Crippen LogP contribution in [0.4, 0.5) is 5.13 Å². The molecule has 2 aromatic rings. The van der Waals surface area contributed by atoms with Gasteiger partial charge < -0.3 is 5.73 Å². The topological polar surface area (TPSA) is 67.9 Å². The molecular weight excluding hydrogens is 282 g/mol. The number of hydrogen-bond acceptors (Lipinski definition) is 6. The van der Waals surface area contributed by atoms with Crippen LogP contribution in [0.25, 0.3) is 0 Å². The van der Waals surface area contributed by atoms with Gasteiger partial charge in [-0.25, -0.2) is 0 Å². The lowest BCUT2D eigenvalue weighted by molar-refractivity contribution is 0.315. The molecule has 1 aliphatic rings. The van der Waals surface area contributed by atoms with Crippen LogP contribution in [0.5, 0.6) is 0 Å². The number of pyridine rings is 1. The van der Waals surface area contributed by atoms with Gasteiger partial charge in [0.2, 0.25) is 5.13 Å². The van der Waals surface area contributed by atoms with Crippen molar-refractivity contribution < 1.29 is 0 Å². The van der Waals surface area contributed by atoms with E-state index in [-0.39, 0.29) is 0 Å². The van der Waals surface area contributed by atoms with Gasteiger partial charge in [-0.15, -0.1) is 10.2 Å². The molecule has 0 spiro atoms. The molecule has 0 radical (unpaired) electrons. The average Bonchev–Trinajstić information content (AvgIpc) is 2.98. The molecular formula is C15H21N5S. The zero-order chi connectivity index (χ0) is 14.8. The third-order valence-electron chi connectivity index (χ3n) is 3.88. The molecule has 5 nitrogen and oxygen atoms in total. The number of likely N-dealkylation sites (tertiary alicyclic amines) is 1. The van der Waals surface area contributed by atoms with Crippen LogP contribution in [0.15, 0.2) is 12.1 Å². The minimum absolute atomic E-state index is 0.559. The predicted octanol–water partition coefficient (Wildman–Crippen LogP) is 2.20. The van der Waals surface area contributed by atoms with Gasteiger partial charge in [-0.2, -0.15) is 0 Å². The fourth-order valence-corrected chi connectivity index (χ4v) is 3.77. The van der Waals surface area contributed by atoms with Crippen LogP contribution in [0.3, 0.4) is 0 Å². The number of nitrogen functional groups attached to an aromatic ring is 1. The molecule has 3 heterocycles. The largest absolute Gasteiger partial charge is 0.374 e. The zero-order valence-corrected chi connectivity index (χ0v) is 13.4. The standard InChI is InChI=1S/C15H21N5S/c1-10-5-13(6-11(2)17-10)7-12-3-4-20(8-12)9-14-18-19-15(16)21-14/h5-6,12H,3-4,7-9H2,1-2H3,(H2,16,19)/t12-/m1/s1. The van der Waals surface area contributed by atoms with Gasteiger partial charge in [0.05, 0.1) is 6.54 Å². The summed E-state index contributed by atoms with van der Waals surface area (Å²) in [5, 5.41) is 9.56. The third kappa shape index (κ3) is 3.77. The van der Waals surface area contributed by atoms with E-state index < -0.39 is 0 Å². The molecule has 1 fully saturated rings. The van der Waals surface area contributed by atoms with Crippen molar-refractivity contribution in [2.75, 3.05) is 18.8 Å². The second kappa shape index (κ2) is 6.07. The van der Waals surface area contributed by atoms with Crippen molar-refractivity contribution in [3.63, 3.8) is 0 Å². The van der Waals surface area contributed by atoms with Crippen molar-refractivity contribution in [1.29, 1.82) is 0 Å². The first kappa shape index (κ1) is 14.4. The molecule has 1 aliphatic heterocycles. The smallest absolute Gasteiger partial charge is 0.203 e. The summed E-state index contributed by atoms with van der Waals surface area (Å²) < 4.78 is 0. The summed E-state index contributed by atoms with van der Waals surface area (Å²) in [5.74, 6) is 0.719. The number of anilines is 1. The lowest BCUT2D eigenvalue weighted by atomic mass is 9.98. The van der Waals surface area contributed by atoms with Crippen LogP contribution in [0, 0.1) is 19.8 Å². The highest BCUT2D eigenvalue weighted by Gasteiger charge is 2.23. The first-order valence-corrected chi connectivity index (χ1v) is 8.14. The molecule has 6 heteroatoms. The van der Waals surface area contributed by atoms with Crippen molar-refractivity contribution in [1.82, 2.24) is 20.1 Å². The highest BCUT2D eigenvalue weighted by molar-refractivity contribution is 7.15. The maximum absolute atomic E-state index is 5.63. The van der Waals surface area contributed by atoms with Crippen molar-refractivity contribution in [3.8, 4) is 0 Å². The molecule has 1 saturated heterocycles. The van der Waals surface area contributed by atoms with Gasteiger partial charge in [0.25, 0.3) is 0 Å². The lowest BCUT2D eigenvalue weighted by Gasteiger charge is -2.14. The van der Waals surface area contributed by atoms with Gasteiger partial charge >= 0.3 is 0 Å². The van der Waals surface area contributed by atoms with E-state index in [1.165, 1.54) is 23.3 Å². The summed E-state index contributed by atoms with van der Waals surface area (Å²) in [6.07, 6.45) is 2.38. The SMILES string of the molecule is Cc1cc(C[C@H]2CCN(Cc3nnc(N)s3)C2)cc(C)n1. The Balaban J connectivity index is 1.57. The first-order valence-electron chi connectivity index (χ1n) is 7.33. The molecule has 0 unspecified atom stereocenters. The molecule has 0 aliphatic carbocycles.